The first kappa shape index (κ1) is 20.3. The number of hydrogen-bond donors (Lipinski definition) is 1. The highest BCUT2D eigenvalue weighted by molar-refractivity contribution is 5.45. The molecule has 0 spiro atoms. The zero-order chi connectivity index (χ0) is 20.9. The molecule has 0 atom stereocenters. The van der Waals surface area contributed by atoms with Crippen molar-refractivity contribution in [2.24, 2.45) is 0 Å². The lowest BCUT2D eigenvalue weighted by atomic mass is 9.73. The van der Waals surface area contributed by atoms with Crippen LogP contribution < -0.4 is 0 Å². The molecule has 0 saturated carbocycles. The summed E-state index contributed by atoms with van der Waals surface area (Å²) in [5.74, 6) is 0. The van der Waals surface area contributed by atoms with Gasteiger partial charge in [0.2, 0.25) is 0 Å². The molecular formula is C27H28N2O. The molecule has 0 unspecified atom stereocenters. The zero-order valence-electron chi connectivity index (χ0n) is 17.2. The van der Waals surface area contributed by atoms with Gasteiger partial charge in [-0.15, -0.1) is 0 Å². The number of nitrogens with zero attached hydrogens (tertiary/aromatic N) is 2. The summed E-state index contributed by atoms with van der Waals surface area (Å²) in [4.78, 5) is 2.38. The average molecular weight is 397 g/mol. The fourth-order valence-corrected chi connectivity index (χ4v) is 4.60. The van der Waals surface area contributed by atoms with Crippen molar-refractivity contribution in [2.45, 2.75) is 30.3 Å². The molecule has 3 heteroatoms. The van der Waals surface area contributed by atoms with Crippen molar-refractivity contribution in [2.75, 3.05) is 19.6 Å². The lowest BCUT2D eigenvalue weighted by Crippen LogP contribution is -2.44. The number of hydrogen-bond acceptors (Lipinski definition) is 3. The fraction of sp³-hybridized carbons (Fsp3) is 0.296. The Balaban J connectivity index is 1.50. The third-order valence-electron chi connectivity index (χ3n) is 6.52. The molecular weight excluding hydrogens is 368 g/mol. The van der Waals surface area contributed by atoms with Crippen LogP contribution in [0.4, 0.5) is 0 Å². The Labute approximate surface area is 179 Å². The Morgan fingerprint density at radius 3 is 1.73 bits per heavy atom. The molecule has 1 heterocycles. The van der Waals surface area contributed by atoms with E-state index >= 15 is 0 Å². The van der Waals surface area contributed by atoms with E-state index in [4.69, 9.17) is 0 Å². The third-order valence-corrected chi connectivity index (χ3v) is 6.52. The average Bonchev–Trinajstić information content (AvgIpc) is 2.83. The van der Waals surface area contributed by atoms with Gasteiger partial charge in [0.1, 0.15) is 5.41 Å². The Kier molecular flexibility index (Phi) is 5.99. The lowest BCUT2D eigenvalue weighted by Gasteiger charge is -2.39. The van der Waals surface area contributed by atoms with Crippen LogP contribution in [0.2, 0.25) is 0 Å². The van der Waals surface area contributed by atoms with Crippen molar-refractivity contribution < 1.29 is 5.11 Å². The largest absolute Gasteiger partial charge is 0.385 e. The van der Waals surface area contributed by atoms with Crippen LogP contribution in [0.15, 0.2) is 91.0 Å². The van der Waals surface area contributed by atoms with E-state index in [0.29, 0.717) is 12.8 Å². The van der Waals surface area contributed by atoms with E-state index < -0.39 is 11.0 Å². The molecule has 0 aliphatic carbocycles. The van der Waals surface area contributed by atoms with Gasteiger partial charge in [-0.2, -0.15) is 5.26 Å². The molecule has 0 bridgehead atoms. The highest BCUT2D eigenvalue weighted by atomic mass is 16.3. The molecule has 1 saturated heterocycles. The van der Waals surface area contributed by atoms with E-state index in [1.807, 2.05) is 66.7 Å². The second-order valence-electron chi connectivity index (χ2n) is 8.24. The molecule has 0 aromatic heterocycles. The quantitative estimate of drug-likeness (QED) is 0.647. The predicted octanol–water partition coefficient (Wildman–Crippen LogP) is 4.87. The number of nitriles is 1. The Bertz CT molecular complexity index is 932. The Morgan fingerprint density at radius 2 is 1.27 bits per heavy atom. The van der Waals surface area contributed by atoms with Crippen LogP contribution in [0.5, 0.6) is 0 Å². The third kappa shape index (κ3) is 4.03. The van der Waals surface area contributed by atoms with Gasteiger partial charge < -0.3 is 10.0 Å². The molecule has 1 N–H and O–H groups in total. The van der Waals surface area contributed by atoms with Gasteiger partial charge in [-0.05, 0) is 36.0 Å². The summed E-state index contributed by atoms with van der Waals surface area (Å²) in [7, 11) is 0. The second kappa shape index (κ2) is 8.83. The minimum atomic E-state index is -0.747. The first-order chi connectivity index (χ1) is 14.7. The van der Waals surface area contributed by atoms with Crippen molar-refractivity contribution in [1.82, 2.24) is 4.90 Å². The van der Waals surface area contributed by atoms with Crippen molar-refractivity contribution >= 4 is 0 Å². The van der Waals surface area contributed by atoms with Crippen molar-refractivity contribution in [3.05, 3.63) is 108 Å². The highest BCUT2D eigenvalue weighted by Crippen LogP contribution is 2.37. The van der Waals surface area contributed by atoms with E-state index in [-0.39, 0.29) is 0 Å². The number of piperidine rings is 1. The summed E-state index contributed by atoms with van der Waals surface area (Å²) in [5.41, 5.74) is 1.66. The predicted molar refractivity (Wildman–Crippen MR) is 120 cm³/mol. The number of likely N-dealkylation sites (tertiary alicyclic amines) is 1. The topological polar surface area (TPSA) is 47.3 Å². The standard InChI is InChI=1S/C27H28N2O/c28-22-26(23-10-4-1-5-11-23,24-12-6-2-7-13-24)16-19-29-20-17-27(30,18-21-29)25-14-8-3-9-15-25/h1-15,30H,16-21H2. The minimum absolute atomic E-state index is 0.671. The van der Waals surface area contributed by atoms with Crippen LogP contribution in [0.1, 0.15) is 36.0 Å². The van der Waals surface area contributed by atoms with E-state index in [1.165, 1.54) is 0 Å². The molecule has 1 aliphatic rings. The van der Waals surface area contributed by atoms with E-state index in [0.717, 1.165) is 42.7 Å². The molecule has 3 aromatic carbocycles. The van der Waals surface area contributed by atoms with Crippen molar-refractivity contribution in [1.29, 1.82) is 5.26 Å². The van der Waals surface area contributed by atoms with Crippen LogP contribution in [-0.2, 0) is 11.0 Å². The minimum Gasteiger partial charge on any atom is -0.385 e. The van der Waals surface area contributed by atoms with Gasteiger partial charge in [0.15, 0.2) is 0 Å². The molecule has 1 aliphatic heterocycles. The van der Waals surface area contributed by atoms with Crippen LogP contribution >= 0.6 is 0 Å². The summed E-state index contributed by atoms with van der Waals surface area (Å²) in [5, 5.41) is 21.4. The molecule has 1 fully saturated rings. The molecule has 152 valence electrons. The smallest absolute Gasteiger partial charge is 0.108 e. The molecule has 30 heavy (non-hydrogen) atoms. The van der Waals surface area contributed by atoms with Crippen molar-refractivity contribution in [3.8, 4) is 6.07 Å². The van der Waals surface area contributed by atoms with Crippen molar-refractivity contribution in [3.63, 3.8) is 0 Å². The summed E-state index contributed by atoms with van der Waals surface area (Å²) in [6.07, 6.45) is 2.15. The normalized spacial score (nSPS) is 16.7. The Morgan fingerprint density at radius 1 is 0.800 bits per heavy atom. The zero-order valence-corrected chi connectivity index (χ0v) is 17.2. The van der Waals surface area contributed by atoms with Crippen LogP contribution in [0.25, 0.3) is 0 Å². The monoisotopic (exact) mass is 396 g/mol. The van der Waals surface area contributed by atoms with E-state index in [2.05, 4.69) is 35.2 Å². The maximum Gasteiger partial charge on any atom is 0.108 e. The van der Waals surface area contributed by atoms with Gasteiger partial charge in [0, 0.05) is 19.6 Å². The molecule has 3 aromatic rings. The van der Waals surface area contributed by atoms with Gasteiger partial charge in [0.25, 0.3) is 0 Å². The molecule has 3 nitrogen and oxygen atoms in total. The van der Waals surface area contributed by atoms with Gasteiger partial charge in [-0.25, -0.2) is 0 Å². The summed E-state index contributed by atoms with van der Waals surface area (Å²) >= 11 is 0. The molecule has 0 radical (unpaired) electrons. The van der Waals surface area contributed by atoms with Crippen LogP contribution in [-0.4, -0.2) is 29.6 Å². The molecule has 0 amide bonds. The van der Waals surface area contributed by atoms with Gasteiger partial charge >= 0.3 is 0 Å². The number of aliphatic hydroxyl groups is 1. The first-order valence-electron chi connectivity index (χ1n) is 10.7. The summed E-state index contributed by atoms with van der Waals surface area (Å²) in [6.45, 7) is 2.48. The Hall–Kier alpha value is -2.93. The number of benzene rings is 3. The van der Waals surface area contributed by atoms with Gasteiger partial charge in [0.05, 0.1) is 11.7 Å². The lowest BCUT2D eigenvalue weighted by molar-refractivity contribution is -0.0265. The molecule has 4 rings (SSSR count). The fourth-order valence-electron chi connectivity index (χ4n) is 4.60. The number of rotatable bonds is 6. The summed E-state index contributed by atoms with van der Waals surface area (Å²) < 4.78 is 0. The maximum absolute atomic E-state index is 11.1. The van der Waals surface area contributed by atoms with E-state index in [1.54, 1.807) is 0 Å². The maximum atomic E-state index is 11.1. The first-order valence-corrected chi connectivity index (χ1v) is 10.7. The van der Waals surface area contributed by atoms with Gasteiger partial charge in [-0.3, -0.25) is 0 Å². The summed E-state index contributed by atoms with van der Waals surface area (Å²) in [6, 6.07) is 32.9. The SMILES string of the molecule is N#CC(CCN1CCC(O)(c2ccccc2)CC1)(c1ccccc1)c1ccccc1. The van der Waals surface area contributed by atoms with Gasteiger partial charge in [-0.1, -0.05) is 91.0 Å². The van der Waals surface area contributed by atoms with Crippen LogP contribution in [0.3, 0.4) is 0 Å². The highest BCUT2D eigenvalue weighted by Gasteiger charge is 2.37. The van der Waals surface area contributed by atoms with Crippen LogP contribution in [0, 0.1) is 11.3 Å². The second-order valence-corrected chi connectivity index (χ2v) is 8.24. The van der Waals surface area contributed by atoms with E-state index in [9.17, 15) is 10.4 Å².